The number of pyridine rings is 1. The molecule has 1 aromatic heterocycles. The highest BCUT2D eigenvalue weighted by molar-refractivity contribution is 6.01. The van der Waals surface area contributed by atoms with Crippen molar-refractivity contribution in [3.05, 3.63) is 36.7 Å². The fourth-order valence-electron chi connectivity index (χ4n) is 2.16. The lowest BCUT2D eigenvalue weighted by Gasteiger charge is -2.11. The highest BCUT2D eigenvalue weighted by Crippen LogP contribution is 2.22. The van der Waals surface area contributed by atoms with Crippen LogP contribution in [0.2, 0.25) is 0 Å². The van der Waals surface area contributed by atoms with Crippen LogP contribution >= 0.6 is 0 Å². The molecule has 0 aliphatic carbocycles. The van der Waals surface area contributed by atoms with Gasteiger partial charge in [-0.3, -0.25) is 14.6 Å². The van der Waals surface area contributed by atoms with E-state index in [0.29, 0.717) is 0 Å². The van der Waals surface area contributed by atoms with Crippen molar-refractivity contribution in [2.45, 2.75) is 19.8 Å². The first-order chi connectivity index (χ1) is 9.56. The van der Waals surface area contributed by atoms with Gasteiger partial charge in [0.1, 0.15) is 0 Å². The highest BCUT2D eigenvalue weighted by atomic mass is 16.2. The molecule has 0 saturated heterocycles. The van der Waals surface area contributed by atoms with Gasteiger partial charge in [0.25, 0.3) is 0 Å². The summed E-state index contributed by atoms with van der Waals surface area (Å²) >= 11 is 0. The fraction of sp³-hybridized carbons (Fsp3) is 0.267. The fourth-order valence-corrected chi connectivity index (χ4v) is 2.16. The standard InChI is InChI=1S/C15H17N3O2/c1-10(7-14(16)19)8-15(20)18-13-4-2-3-11-9-17-6-5-12(11)13/h2-6,9-10H,7-8H2,1H3,(H2,16,19)(H,18,20)/t10-/m1/s1. The predicted octanol–water partition coefficient (Wildman–Crippen LogP) is 2.07. The van der Waals surface area contributed by atoms with Gasteiger partial charge in [0.2, 0.25) is 11.8 Å². The largest absolute Gasteiger partial charge is 0.370 e. The van der Waals surface area contributed by atoms with Gasteiger partial charge in [0.15, 0.2) is 0 Å². The van der Waals surface area contributed by atoms with E-state index in [2.05, 4.69) is 10.3 Å². The third kappa shape index (κ3) is 3.54. The van der Waals surface area contributed by atoms with Gasteiger partial charge in [0, 0.05) is 41.7 Å². The molecule has 1 aromatic carbocycles. The van der Waals surface area contributed by atoms with Gasteiger partial charge >= 0.3 is 0 Å². The molecule has 0 bridgehead atoms. The maximum atomic E-state index is 12.0. The molecule has 0 aliphatic heterocycles. The number of fused-ring (bicyclic) bond motifs is 1. The third-order valence-electron chi connectivity index (χ3n) is 3.04. The zero-order valence-electron chi connectivity index (χ0n) is 11.3. The van der Waals surface area contributed by atoms with Gasteiger partial charge in [-0.25, -0.2) is 0 Å². The molecule has 0 unspecified atom stereocenters. The Bertz CT molecular complexity index is 635. The average molecular weight is 271 g/mol. The molecule has 0 spiro atoms. The number of nitrogens with one attached hydrogen (secondary N) is 1. The first-order valence-electron chi connectivity index (χ1n) is 6.47. The second kappa shape index (κ2) is 6.14. The van der Waals surface area contributed by atoms with Crippen molar-refractivity contribution >= 4 is 28.3 Å². The first-order valence-corrected chi connectivity index (χ1v) is 6.47. The number of nitrogens with zero attached hydrogens (tertiary/aromatic N) is 1. The van der Waals surface area contributed by atoms with Crippen LogP contribution in [0, 0.1) is 5.92 Å². The first kappa shape index (κ1) is 14.0. The lowest BCUT2D eigenvalue weighted by Crippen LogP contribution is -2.20. The van der Waals surface area contributed by atoms with Crippen molar-refractivity contribution in [2.75, 3.05) is 5.32 Å². The average Bonchev–Trinajstić information content (AvgIpc) is 2.38. The molecule has 0 saturated carbocycles. The Kier molecular flexibility index (Phi) is 4.30. The number of hydrogen-bond donors (Lipinski definition) is 2. The van der Waals surface area contributed by atoms with Crippen molar-refractivity contribution in [3.8, 4) is 0 Å². The van der Waals surface area contributed by atoms with E-state index in [-0.39, 0.29) is 30.6 Å². The normalized spacial score (nSPS) is 12.1. The number of carbonyl (C=O) groups excluding carboxylic acids is 2. The molecule has 20 heavy (non-hydrogen) atoms. The second-order valence-corrected chi connectivity index (χ2v) is 4.93. The van der Waals surface area contributed by atoms with Crippen LogP contribution in [0.3, 0.4) is 0 Å². The van der Waals surface area contributed by atoms with Crippen molar-refractivity contribution in [2.24, 2.45) is 11.7 Å². The predicted molar refractivity (Wildman–Crippen MR) is 78.0 cm³/mol. The van der Waals surface area contributed by atoms with Gasteiger partial charge in [0.05, 0.1) is 0 Å². The van der Waals surface area contributed by atoms with Crippen LogP contribution in [0.15, 0.2) is 36.7 Å². The molecular weight excluding hydrogens is 254 g/mol. The highest BCUT2D eigenvalue weighted by Gasteiger charge is 2.12. The molecule has 5 heteroatoms. The summed E-state index contributed by atoms with van der Waals surface area (Å²) < 4.78 is 0. The van der Waals surface area contributed by atoms with Crippen LogP contribution in [-0.2, 0) is 9.59 Å². The molecule has 1 heterocycles. The molecule has 2 aromatic rings. The minimum absolute atomic E-state index is 0.0656. The number of carbonyl (C=O) groups is 2. The summed E-state index contributed by atoms with van der Waals surface area (Å²) in [5, 5.41) is 4.78. The monoisotopic (exact) mass is 271 g/mol. The summed E-state index contributed by atoms with van der Waals surface area (Å²) in [5.41, 5.74) is 5.87. The van der Waals surface area contributed by atoms with Gasteiger partial charge in [-0.15, -0.1) is 0 Å². The topological polar surface area (TPSA) is 85.1 Å². The Morgan fingerprint density at radius 2 is 2.10 bits per heavy atom. The number of nitrogens with two attached hydrogens (primary N) is 1. The van der Waals surface area contributed by atoms with Gasteiger partial charge < -0.3 is 11.1 Å². The molecule has 5 nitrogen and oxygen atoms in total. The van der Waals surface area contributed by atoms with Gasteiger partial charge in [-0.05, 0) is 18.1 Å². The maximum absolute atomic E-state index is 12.0. The maximum Gasteiger partial charge on any atom is 0.224 e. The van der Waals surface area contributed by atoms with Crippen molar-refractivity contribution in [1.29, 1.82) is 0 Å². The lowest BCUT2D eigenvalue weighted by molar-refractivity contribution is -0.119. The SMILES string of the molecule is C[C@H](CC(N)=O)CC(=O)Nc1cccc2cnccc12. The van der Waals surface area contributed by atoms with E-state index in [0.717, 1.165) is 16.5 Å². The molecule has 3 N–H and O–H groups in total. The van der Waals surface area contributed by atoms with Gasteiger partial charge in [-0.1, -0.05) is 19.1 Å². The molecule has 1 atom stereocenters. The van der Waals surface area contributed by atoms with E-state index in [1.807, 2.05) is 31.2 Å². The number of aromatic nitrogens is 1. The summed E-state index contributed by atoms with van der Waals surface area (Å²) in [6, 6.07) is 7.51. The third-order valence-corrected chi connectivity index (χ3v) is 3.04. The Morgan fingerprint density at radius 1 is 1.30 bits per heavy atom. The van der Waals surface area contributed by atoms with E-state index < -0.39 is 0 Å². The van der Waals surface area contributed by atoms with Crippen LogP contribution in [-0.4, -0.2) is 16.8 Å². The van der Waals surface area contributed by atoms with Crippen LogP contribution in [0.4, 0.5) is 5.69 Å². The van der Waals surface area contributed by atoms with Crippen LogP contribution in [0.1, 0.15) is 19.8 Å². The van der Waals surface area contributed by atoms with E-state index in [9.17, 15) is 9.59 Å². The van der Waals surface area contributed by atoms with Crippen LogP contribution in [0.25, 0.3) is 10.8 Å². The van der Waals surface area contributed by atoms with Gasteiger partial charge in [-0.2, -0.15) is 0 Å². The summed E-state index contributed by atoms with van der Waals surface area (Å²) in [5.74, 6) is -0.575. The molecule has 104 valence electrons. The molecule has 0 fully saturated rings. The van der Waals surface area contributed by atoms with Crippen LogP contribution < -0.4 is 11.1 Å². The number of amides is 2. The second-order valence-electron chi connectivity index (χ2n) is 4.93. The van der Waals surface area contributed by atoms with Crippen molar-refractivity contribution < 1.29 is 9.59 Å². The minimum Gasteiger partial charge on any atom is -0.370 e. The Balaban J connectivity index is 2.08. The summed E-state index contributed by atoms with van der Waals surface area (Å²) in [4.78, 5) is 26.8. The number of benzene rings is 1. The van der Waals surface area contributed by atoms with E-state index in [4.69, 9.17) is 5.73 Å². The number of rotatable bonds is 5. The minimum atomic E-state index is -0.387. The Hall–Kier alpha value is -2.43. The zero-order chi connectivity index (χ0) is 14.5. The van der Waals surface area contributed by atoms with Crippen LogP contribution in [0.5, 0.6) is 0 Å². The summed E-state index contributed by atoms with van der Waals surface area (Å²) in [6.07, 6.45) is 3.92. The molecule has 0 radical (unpaired) electrons. The zero-order valence-corrected chi connectivity index (χ0v) is 11.3. The van der Waals surface area contributed by atoms with Crippen molar-refractivity contribution in [3.63, 3.8) is 0 Å². The number of anilines is 1. The Labute approximate surface area is 117 Å². The van der Waals surface area contributed by atoms with E-state index in [1.165, 1.54) is 0 Å². The molecule has 0 aliphatic rings. The number of primary amides is 1. The molecule has 2 amide bonds. The smallest absolute Gasteiger partial charge is 0.224 e. The molecule has 2 rings (SSSR count). The van der Waals surface area contributed by atoms with E-state index in [1.54, 1.807) is 12.4 Å². The van der Waals surface area contributed by atoms with E-state index >= 15 is 0 Å². The number of hydrogen-bond acceptors (Lipinski definition) is 3. The summed E-state index contributed by atoms with van der Waals surface area (Å²) in [6.45, 7) is 1.83. The molecular formula is C15H17N3O2. The lowest BCUT2D eigenvalue weighted by atomic mass is 10.0. The quantitative estimate of drug-likeness (QED) is 0.873. The summed E-state index contributed by atoms with van der Waals surface area (Å²) in [7, 11) is 0. The Morgan fingerprint density at radius 3 is 2.85 bits per heavy atom. The van der Waals surface area contributed by atoms with Crippen molar-refractivity contribution in [1.82, 2.24) is 4.98 Å².